The number of aromatic nitrogens is 2. The van der Waals surface area contributed by atoms with E-state index < -0.39 is 5.41 Å². The van der Waals surface area contributed by atoms with E-state index in [9.17, 15) is 4.79 Å². The predicted molar refractivity (Wildman–Crippen MR) is 199 cm³/mol. The second-order valence-electron chi connectivity index (χ2n) is 13.5. The Morgan fingerprint density at radius 3 is 2.27 bits per heavy atom. The highest BCUT2D eigenvalue weighted by molar-refractivity contribution is 5.85. The average Bonchev–Trinajstić information content (AvgIpc) is 3.56. The van der Waals surface area contributed by atoms with Gasteiger partial charge in [0, 0.05) is 45.9 Å². The number of nitrogens with zero attached hydrogens (tertiary/aromatic N) is 5. The van der Waals surface area contributed by atoms with Crippen molar-refractivity contribution in [3.63, 3.8) is 0 Å². The lowest BCUT2D eigenvalue weighted by molar-refractivity contribution is -0.137. The molecule has 3 aromatic carbocycles. The molecule has 0 saturated carbocycles. The highest BCUT2D eigenvalue weighted by Crippen LogP contribution is 2.42. The summed E-state index contributed by atoms with van der Waals surface area (Å²) in [6.07, 6.45) is 3.30. The van der Waals surface area contributed by atoms with Gasteiger partial charge in [0.2, 0.25) is 17.6 Å². The van der Waals surface area contributed by atoms with Crippen molar-refractivity contribution >= 4 is 22.9 Å². The topological polar surface area (TPSA) is 90.8 Å². The standard InChI is InChI=1S/C40H53N5O6/c1-6-51-25-24-45-34-11-8-7-10-33(34)41-39(45)43-19-9-18-42(22-23-43)20-16-40(28-30-12-14-32(47-2)15-13-30)17-21-44(38(40)46)29-31-26-35(48-3)37(50-5)36(27-31)49-4/h7-8,10-15,26-27H,6,9,16-25,28-29H2,1-5H3. The first-order valence-corrected chi connectivity index (χ1v) is 18.1. The Morgan fingerprint density at radius 1 is 0.804 bits per heavy atom. The van der Waals surface area contributed by atoms with E-state index in [1.807, 2.05) is 42.2 Å². The third kappa shape index (κ3) is 8.05. The Labute approximate surface area is 302 Å². The number of ether oxygens (including phenoxy) is 5. The van der Waals surface area contributed by atoms with E-state index in [1.165, 1.54) is 0 Å². The predicted octanol–water partition coefficient (Wildman–Crippen LogP) is 5.67. The van der Waals surface area contributed by atoms with Gasteiger partial charge in [0.1, 0.15) is 5.75 Å². The van der Waals surface area contributed by atoms with Crippen molar-refractivity contribution in [3.05, 3.63) is 71.8 Å². The fourth-order valence-electron chi connectivity index (χ4n) is 7.70. The lowest BCUT2D eigenvalue weighted by atomic mass is 9.77. The van der Waals surface area contributed by atoms with Crippen LogP contribution >= 0.6 is 0 Å². The van der Waals surface area contributed by atoms with Gasteiger partial charge in [0.25, 0.3) is 0 Å². The lowest BCUT2D eigenvalue weighted by Crippen LogP contribution is -2.40. The van der Waals surface area contributed by atoms with Crippen LogP contribution in [-0.4, -0.2) is 106 Å². The quantitative estimate of drug-likeness (QED) is 0.137. The van der Waals surface area contributed by atoms with Gasteiger partial charge >= 0.3 is 0 Å². The van der Waals surface area contributed by atoms with Crippen LogP contribution < -0.4 is 23.8 Å². The molecule has 0 radical (unpaired) electrons. The maximum absolute atomic E-state index is 14.6. The maximum atomic E-state index is 14.6. The number of hydrogen-bond acceptors (Lipinski definition) is 9. The number of likely N-dealkylation sites (tertiary alicyclic amines) is 1. The van der Waals surface area contributed by atoms with Gasteiger partial charge in [-0.05, 0) is 93.2 Å². The summed E-state index contributed by atoms with van der Waals surface area (Å²) in [6.45, 7) is 9.90. The number of carbonyl (C=O) groups excluding carboxylic acids is 1. The van der Waals surface area contributed by atoms with Crippen molar-refractivity contribution < 1.29 is 28.5 Å². The molecule has 274 valence electrons. The molecular formula is C40H53N5O6. The number of benzene rings is 3. The van der Waals surface area contributed by atoms with Crippen LogP contribution in [0, 0.1) is 5.41 Å². The summed E-state index contributed by atoms with van der Waals surface area (Å²) in [4.78, 5) is 26.6. The third-order valence-electron chi connectivity index (χ3n) is 10.5. The molecule has 2 saturated heterocycles. The van der Waals surface area contributed by atoms with E-state index in [2.05, 4.69) is 44.7 Å². The third-order valence-corrected chi connectivity index (χ3v) is 10.5. The van der Waals surface area contributed by atoms with E-state index in [0.29, 0.717) is 50.0 Å². The molecule has 0 spiro atoms. The minimum Gasteiger partial charge on any atom is -0.497 e. The summed E-state index contributed by atoms with van der Waals surface area (Å²) in [5.41, 5.74) is 3.74. The molecule has 2 aliphatic heterocycles. The zero-order valence-electron chi connectivity index (χ0n) is 30.9. The molecule has 0 N–H and O–H groups in total. The van der Waals surface area contributed by atoms with Crippen LogP contribution in [0.3, 0.4) is 0 Å². The van der Waals surface area contributed by atoms with Crippen molar-refractivity contribution in [1.29, 1.82) is 0 Å². The van der Waals surface area contributed by atoms with Gasteiger partial charge in [-0.3, -0.25) is 4.79 Å². The van der Waals surface area contributed by atoms with Gasteiger partial charge in [-0.25, -0.2) is 4.98 Å². The van der Waals surface area contributed by atoms with Crippen LogP contribution in [-0.2, 0) is 29.0 Å². The number of fused-ring (bicyclic) bond motifs is 1. The second-order valence-corrected chi connectivity index (χ2v) is 13.5. The summed E-state index contributed by atoms with van der Waals surface area (Å²) < 4.78 is 30.2. The normalized spacial score (nSPS) is 18.3. The number of rotatable bonds is 16. The molecule has 0 bridgehead atoms. The Bertz CT molecular complexity index is 1740. The number of anilines is 1. The Hall–Kier alpha value is -4.48. The van der Waals surface area contributed by atoms with Gasteiger partial charge < -0.3 is 43.0 Å². The lowest BCUT2D eigenvalue weighted by Gasteiger charge is -2.31. The fourth-order valence-corrected chi connectivity index (χ4v) is 7.70. The molecule has 1 unspecified atom stereocenters. The molecule has 51 heavy (non-hydrogen) atoms. The van der Waals surface area contributed by atoms with Gasteiger partial charge in [0.15, 0.2) is 11.5 Å². The van der Waals surface area contributed by atoms with Gasteiger partial charge in [0.05, 0.1) is 51.5 Å². The molecule has 4 aromatic rings. The highest BCUT2D eigenvalue weighted by Gasteiger charge is 2.46. The molecule has 1 atom stereocenters. The molecule has 2 fully saturated rings. The van der Waals surface area contributed by atoms with E-state index in [0.717, 1.165) is 92.4 Å². The van der Waals surface area contributed by atoms with Gasteiger partial charge in [-0.2, -0.15) is 0 Å². The fraction of sp³-hybridized carbons (Fsp3) is 0.500. The number of imidazole rings is 1. The summed E-state index contributed by atoms with van der Waals surface area (Å²) in [6, 6.07) is 20.4. The largest absolute Gasteiger partial charge is 0.497 e. The van der Waals surface area contributed by atoms with Crippen molar-refractivity contribution in [2.24, 2.45) is 5.41 Å². The van der Waals surface area contributed by atoms with E-state index >= 15 is 0 Å². The van der Waals surface area contributed by atoms with Crippen molar-refractivity contribution in [2.45, 2.75) is 45.7 Å². The van der Waals surface area contributed by atoms with Crippen LogP contribution in [0.15, 0.2) is 60.7 Å². The number of carbonyl (C=O) groups is 1. The van der Waals surface area contributed by atoms with Crippen LogP contribution in [0.1, 0.15) is 37.3 Å². The SMILES string of the molecule is CCOCCn1c(N2CCCN(CCC3(Cc4ccc(OC)cc4)CCN(Cc4cc(OC)c(OC)c(OC)c4)C3=O)CC2)nc2ccccc21. The second kappa shape index (κ2) is 16.7. The number of para-hydroxylation sites is 2. The maximum Gasteiger partial charge on any atom is 0.229 e. The summed E-state index contributed by atoms with van der Waals surface area (Å²) in [5.74, 6) is 3.75. The Balaban J connectivity index is 1.18. The van der Waals surface area contributed by atoms with Crippen molar-refractivity contribution in [1.82, 2.24) is 19.4 Å². The minimum absolute atomic E-state index is 0.200. The molecule has 1 amide bonds. The van der Waals surface area contributed by atoms with E-state index in [4.69, 9.17) is 28.7 Å². The molecule has 1 aromatic heterocycles. The molecular weight excluding hydrogens is 646 g/mol. The van der Waals surface area contributed by atoms with Gasteiger partial charge in [-0.15, -0.1) is 0 Å². The highest BCUT2D eigenvalue weighted by atomic mass is 16.5. The molecule has 0 aliphatic carbocycles. The van der Waals surface area contributed by atoms with Crippen LogP contribution in [0.2, 0.25) is 0 Å². The van der Waals surface area contributed by atoms with Gasteiger partial charge in [-0.1, -0.05) is 24.3 Å². The van der Waals surface area contributed by atoms with E-state index in [1.54, 1.807) is 28.4 Å². The summed E-state index contributed by atoms with van der Waals surface area (Å²) in [5, 5.41) is 0. The van der Waals surface area contributed by atoms with Crippen LogP contribution in [0.5, 0.6) is 23.0 Å². The first-order valence-electron chi connectivity index (χ1n) is 18.1. The minimum atomic E-state index is -0.505. The molecule has 3 heterocycles. The monoisotopic (exact) mass is 699 g/mol. The smallest absolute Gasteiger partial charge is 0.229 e. The average molecular weight is 700 g/mol. The van der Waals surface area contributed by atoms with Crippen LogP contribution in [0.4, 0.5) is 5.95 Å². The van der Waals surface area contributed by atoms with E-state index in [-0.39, 0.29) is 5.91 Å². The number of amides is 1. The number of methoxy groups -OCH3 is 4. The van der Waals surface area contributed by atoms with Crippen molar-refractivity contribution in [2.75, 3.05) is 85.8 Å². The zero-order chi connectivity index (χ0) is 35.8. The Kier molecular flexibility index (Phi) is 11.9. The zero-order valence-corrected chi connectivity index (χ0v) is 30.9. The first-order chi connectivity index (χ1) is 24.9. The van der Waals surface area contributed by atoms with Crippen LogP contribution in [0.25, 0.3) is 11.0 Å². The first kappa shape index (κ1) is 36.3. The summed E-state index contributed by atoms with van der Waals surface area (Å²) in [7, 11) is 6.50. The van der Waals surface area contributed by atoms with Crippen molar-refractivity contribution in [3.8, 4) is 23.0 Å². The molecule has 6 rings (SSSR count). The molecule has 2 aliphatic rings. The Morgan fingerprint density at radius 2 is 1.57 bits per heavy atom. The summed E-state index contributed by atoms with van der Waals surface area (Å²) >= 11 is 0. The molecule has 11 heteroatoms. The molecule has 11 nitrogen and oxygen atoms in total. The number of hydrogen-bond donors (Lipinski definition) is 0.